The minimum atomic E-state index is 0. The monoisotopic (exact) mass is 381 g/mol. The minimum absolute atomic E-state index is 0. The predicted octanol–water partition coefficient (Wildman–Crippen LogP) is 3.92. The number of nitrogens with zero attached hydrogens (tertiary/aromatic N) is 3. The van der Waals surface area contributed by atoms with Crippen molar-refractivity contribution >= 4 is 0 Å². The molecule has 3 nitrogen and oxygen atoms in total. The Bertz CT molecular complexity index is 135. The van der Waals surface area contributed by atoms with Crippen LogP contribution in [-0.4, -0.2) is 46.3 Å². The summed E-state index contributed by atoms with van der Waals surface area (Å²) in [5.74, 6) is 1.08. The predicted molar refractivity (Wildman–Crippen MR) is 79.6 cm³/mol. The van der Waals surface area contributed by atoms with Crippen LogP contribution in [0.4, 0.5) is 0 Å². The molecule has 0 aromatic heterocycles. The van der Waals surface area contributed by atoms with Crippen LogP contribution in [0, 0.1) is 48.9 Å². The van der Waals surface area contributed by atoms with Crippen molar-refractivity contribution in [1.29, 1.82) is 0 Å². The molecule has 0 aliphatic heterocycles. The smallest absolute Gasteiger partial charge is 0 e. The van der Waals surface area contributed by atoms with Crippen molar-refractivity contribution in [3.05, 3.63) is 18.1 Å². The van der Waals surface area contributed by atoms with Crippen LogP contribution in [0.1, 0.15) is 38.5 Å². The van der Waals surface area contributed by atoms with Crippen molar-refractivity contribution in [3.8, 4) is 0 Å². The quantitative estimate of drug-likeness (QED) is 0.642. The Morgan fingerprint density at radius 1 is 1.06 bits per heavy atom. The first-order valence-corrected chi connectivity index (χ1v) is 6.46. The zero-order valence-electron chi connectivity index (χ0n) is 13.2. The molecule has 1 aliphatic carbocycles. The van der Waals surface area contributed by atoms with Crippen LogP contribution in [0.3, 0.4) is 0 Å². The van der Waals surface area contributed by atoms with E-state index in [2.05, 4.69) is 29.6 Å². The summed E-state index contributed by atoms with van der Waals surface area (Å²) in [5, 5.41) is 7.38. The first-order valence-electron chi connectivity index (χ1n) is 6.46. The van der Waals surface area contributed by atoms with Gasteiger partial charge in [0.15, 0.2) is 0 Å². The van der Waals surface area contributed by atoms with Gasteiger partial charge in [-0.2, -0.15) is 14.1 Å². The second-order valence-corrected chi connectivity index (χ2v) is 4.87. The molecule has 1 saturated carbocycles. The third-order valence-corrected chi connectivity index (χ3v) is 2.98. The van der Waals surface area contributed by atoms with E-state index in [-0.39, 0.29) is 43.0 Å². The molecule has 0 saturated heterocycles. The van der Waals surface area contributed by atoms with E-state index in [4.69, 9.17) is 0 Å². The van der Waals surface area contributed by atoms with Gasteiger partial charge in [-0.3, -0.25) is 6.67 Å². The Balaban J connectivity index is -0.000000282. The summed E-state index contributed by atoms with van der Waals surface area (Å²) in [6, 6.07) is 0. The number of hydrogen-bond donors (Lipinski definition) is 0. The molecule has 18 heavy (non-hydrogen) atoms. The molecular weight excluding hydrogens is 349 g/mol. The fourth-order valence-electron chi connectivity index (χ4n) is 2.14. The van der Waals surface area contributed by atoms with Gasteiger partial charge >= 0.3 is 0 Å². The maximum Gasteiger partial charge on any atom is 0 e. The molecular formula is C14H32LaN3-3. The van der Waals surface area contributed by atoms with Gasteiger partial charge in [0.2, 0.25) is 0 Å². The summed E-state index contributed by atoms with van der Waals surface area (Å²) >= 11 is 0. The van der Waals surface area contributed by atoms with E-state index in [0.29, 0.717) is 6.67 Å². The first-order chi connectivity index (χ1) is 7.70. The summed E-state index contributed by atoms with van der Waals surface area (Å²) in [6.07, 6.45) is 8.87. The third kappa shape index (κ3) is 17.1. The largest absolute Gasteiger partial charge is 0.683 e. The normalized spacial score (nSPS) is 14.5. The van der Waals surface area contributed by atoms with Gasteiger partial charge in [-0.15, -0.1) is 0 Å². The van der Waals surface area contributed by atoms with Crippen LogP contribution >= 0.6 is 0 Å². The van der Waals surface area contributed by atoms with Crippen molar-refractivity contribution in [3.63, 3.8) is 0 Å². The molecule has 1 rings (SSSR count). The Labute approximate surface area is 143 Å². The van der Waals surface area contributed by atoms with Gasteiger partial charge in [-0.25, -0.2) is 0 Å². The van der Waals surface area contributed by atoms with Gasteiger partial charge in [-0.1, -0.05) is 25.7 Å². The van der Waals surface area contributed by atoms with Crippen molar-refractivity contribution in [2.24, 2.45) is 5.92 Å². The van der Waals surface area contributed by atoms with Crippen molar-refractivity contribution in [1.82, 2.24) is 4.90 Å². The summed E-state index contributed by atoms with van der Waals surface area (Å²) < 4.78 is 0. The average molecular weight is 381 g/mol. The molecule has 0 spiro atoms. The van der Waals surface area contributed by atoms with Crippen molar-refractivity contribution in [2.75, 3.05) is 41.4 Å². The van der Waals surface area contributed by atoms with Gasteiger partial charge in [-0.05, 0) is 39.4 Å². The zero-order chi connectivity index (χ0) is 12.2. The zero-order valence-corrected chi connectivity index (χ0v) is 16.8. The van der Waals surface area contributed by atoms with E-state index in [1.807, 2.05) is 0 Å². The van der Waals surface area contributed by atoms with Crippen LogP contribution < -0.4 is 0 Å². The summed E-state index contributed by atoms with van der Waals surface area (Å²) in [4.78, 5) is 2.29. The topological polar surface area (TPSA) is 31.4 Å². The second kappa shape index (κ2) is 18.1. The van der Waals surface area contributed by atoms with Crippen LogP contribution in [-0.2, 0) is 0 Å². The fraction of sp³-hybridized carbons (Fsp3) is 0.929. The van der Waals surface area contributed by atoms with Crippen LogP contribution in [0.2, 0.25) is 0 Å². The Morgan fingerprint density at radius 2 is 1.56 bits per heavy atom. The molecule has 0 unspecified atom stereocenters. The van der Waals surface area contributed by atoms with Gasteiger partial charge in [0, 0.05) is 35.6 Å². The number of rotatable bonds is 6. The van der Waals surface area contributed by atoms with E-state index in [1.165, 1.54) is 45.1 Å². The molecule has 109 valence electrons. The maximum absolute atomic E-state index is 3.69. The van der Waals surface area contributed by atoms with E-state index < -0.39 is 0 Å². The number of hydrogen-bond acceptors (Lipinski definition) is 1. The standard InChI is InChI=1S/C10H21N.C3H8N2.CH3.La/c1-11(2)9-5-8-10-6-3-4-7-10;1-4-3-5-2;;/h10H,3-9H2,1-2H3;3H2,1-2H3;1H3;/q;-2;-1;. The minimum Gasteiger partial charge on any atom is -0.683 e. The summed E-state index contributed by atoms with van der Waals surface area (Å²) in [7, 11) is 7.81. The SMILES string of the molecule is CN(C)CCCC1CCCC1.C[N-]C[N-]C.[CH3-].[La]. The molecule has 1 radical (unpaired) electrons. The van der Waals surface area contributed by atoms with Gasteiger partial charge < -0.3 is 23.0 Å². The van der Waals surface area contributed by atoms with E-state index in [9.17, 15) is 0 Å². The molecule has 0 bridgehead atoms. The molecule has 0 aromatic rings. The van der Waals surface area contributed by atoms with Crippen molar-refractivity contribution < 1.29 is 35.6 Å². The molecule has 4 heteroatoms. The van der Waals surface area contributed by atoms with Crippen molar-refractivity contribution in [2.45, 2.75) is 38.5 Å². The molecule has 1 fully saturated rings. The van der Waals surface area contributed by atoms with E-state index in [0.717, 1.165) is 5.92 Å². The average Bonchev–Trinajstić information content (AvgIpc) is 2.72. The fourth-order valence-corrected chi connectivity index (χ4v) is 2.14. The molecule has 1 aliphatic rings. The molecule has 0 amide bonds. The van der Waals surface area contributed by atoms with E-state index >= 15 is 0 Å². The second-order valence-electron chi connectivity index (χ2n) is 4.87. The van der Waals surface area contributed by atoms with Crippen LogP contribution in [0.15, 0.2) is 0 Å². The van der Waals surface area contributed by atoms with Gasteiger partial charge in [0.1, 0.15) is 0 Å². The maximum atomic E-state index is 3.69. The molecule has 0 aromatic carbocycles. The van der Waals surface area contributed by atoms with Crippen LogP contribution in [0.25, 0.3) is 10.6 Å². The Kier molecular flexibility index (Phi) is 24.2. The van der Waals surface area contributed by atoms with Crippen LogP contribution in [0.5, 0.6) is 0 Å². The third-order valence-electron chi connectivity index (χ3n) is 2.98. The summed E-state index contributed by atoms with van der Waals surface area (Å²) in [5.41, 5.74) is 0. The van der Waals surface area contributed by atoms with Gasteiger partial charge in [0.25, 0.3) is 0 Å². The van der Waals surface area contributed by atoms with E-state index in [1.54, 1.807) is 14.1 Å². The van der Waals surface area contributed by atoms with Gasteiger partial charge in [0.05, 0.1) is 0 Å². The Hall–Kier alpha value is 1.07. The molecule has 0 atom stereocenters. The summed E-state index contributed by atoms with van der Waals surface area (Å²) in [6.45, 7) is 1.91. The first kappa shape index (κ1) is 24.1. The Morgan fingerprint density at radius 3 is 1.89 bits per heavy atom. The molecule has 0 heterocycles. The molecule has 0 N–H and O–H groups in total.